The molecule has 2 heterocycles. The number of carbonyl (C=O) groups excluding carboxylic acids is 2. The Morgan fingerprint density at radius 2 is 1.84 bits per heavy atom. The summed E-state index contributed by atoms with van der Waals surface area (Å²) in [6.45, 7) is 4.17. The zero-order valence-electron chi connectivity index (χ0n) is 17.9. The summed E-state index contributed by atoms with van der Waals surface area (Å²) in [6.07, 6.45) is 4.72. The highest BCUT2D eigenvalue weighted by Gasteiger charge is 2.17. The largest absolute Gasteiger partial charge is 0.369 e. The lowest BCUT2D eigenvalue weighted by Crippen LogP contribution is -2.42. The van der Waals surface area contributed by atoms with Crippen molar-refractivity contribution in [2.75, 3.05) is 30.3 Å². The van der Waals surface area contributed by atoms with E-state index in [0.717, 1.165) is 24.8 Å². The molecule has 1 aliphatic heterocycles. The van der Waals surface area contributed by atoms with Crippen molar-refractivity contribution in [1.29, 1.82) is 0 Å². The van der Waals surface area contributed by atoms with Crippen LogP contribution in [0.4, 0.5) is 11.8 Å². The Hall–Kier alpha value is -3.20. The van der Waals surface area contributed by atoms with Gasteiger partial charge in [-0.3, -0.25) is 9.59 Å². The van der Waals surface area contributed by atoms with E-state index >= 15 is 0 Å². The summed E-state index contributed by atoms with van der Waals surface area (Å²) in [6, 6.07) is 7.37. The van der Waals surface area contributed by atoms with Crippen LogP contribution in [0.15, 0.2) is 30.5 Å². The molecule has 166 valence electrons. The van der Waals surface area contributed by atoms with Crippen molar-refractivity contribution in [2.24, 2.45) is 5.73 Å². The standard InChI is InChI=1S/C22H31N7O2/c1-15-5-7-16(8-6-15)13-27-20(30)17-14-28-22-26-11-4-2-3-10-25-21(31)18(23)9-12-24-19(17)29-22/h5-8,14,18H,2-4,9-13,23H2,1H3,(H,25,31)(H,27,30)(H2,24,26,28,29)/t18-/m0/s1. The van der Waals surface area contributed by atoms with Crippen LogP contribution in [0.25, 0.3) is 0 Å². The molecular formula is C22H31N7O2. The third-order valence-electron chi connectivity index (χ3n) is 5.13. The van der Waals surface area contributed by atoms with Gasteiger partial charge in [0.1, 0.15) is 11.4 Å². The van der Waals surface area contributed by atoms with Crippen molar-refractivity contribution in [1.82, 2.24) is 20.6 Å². The van der Waals surface area contributed by atoms with Gasteiger partial charge >= 0.3 is 0 Å². The SMILES string of the molecule is Cc1ccc(CNC(=O)c2cnc3nc2NCC[C@H](N)C(=O)NCCCCCN3)cc1. The van der Waals surface area contributed by atoms with Crippen LogP contribution in [0.1, 0.15) is 47.2 Å². The first kappa shape index (κ1) is 22.5. The van der Waals surface area contributed by atoms with Gasteiger partial charge in [-0.25, -0.2) is 4.98 Å². The molecule has 0 saturated heterocycles. The van der Waals surface area contributed by atoms with Crippen LogP contribution in [-0.4, -0.2) is 47.5 Å². The van der Waals surface area contributed by atoms with Gasteiger partial charge in [-0.05, 0) is 38.2 Å². The van der Waals surface area contributed by atoms with Gasteiger partial charge in [0, 0.05) is 32.4 Å². The number of benzene rings is 1. The van der Waals surface area contributed by atoms with E-state index in [1.165, 1.54) is 11.8 Å². The molecule has 0 saturated carbocycles. The van der Waals surface area contributed by atoms with E-state index in [2.05, 4.69) is 31.2 Å². The van der Waals surface area contributed by atoms with Gasteiger partial charge in [-0.1, -0.05) is 29.8 Å². The third kappa shape index (κ3) is 6.92. The number of aryl methyl sites for hydroxylation is 1. The molecule has 9 heteroatoms. The molecule has 2 aromatic rings. The summed E-state index contributed by atoms with van der Waals surface area (Å²) in [4.78, 5) is 33.7. The Labute approximate surface area is 182 Å². The molecule has 2 amide bonds. The molecule has 0 spiro atoms. The highest BCUT2D eigenvalue weighted by Crippen LogP contribution is 2.15. The van der Waals surface area contributed by atoms with Crippen LogP contribution in [-0.2, 0) is 11.3 Å². The number of fused-ring (bicyclic) bond motifs is 2. The smallest absolute Gasteiger partial charge is 0.256 e. The second kappa shape index (κ2) is 11.3. The van der Waals surface area contributed by atoms with E-state index < -0.39 is 6.04 Å². The Morgan fingerprint density at radius 1 is 1.10 bits per heavy atom. The normalized spacial score (nSPS) is 17.9. The first-order valence-electron chi connectivity index (χ1n) is 10.7. The fourth-order valence-corrected chi connectivity index (χ4v) is 3.20. The molecule has 6 N–H and O–H groups in total. The lowest BCUT2D eigenvalue weighted by molar-refractivity contribution is -0.122. The lowest BCUT2D eigenvalue weighted by atomic mass is 10.1. The molecule has 1 aromatic carbocycles. The highest BCUT2D eigenvalue weighted by molar-refractivity contribution is 5.98. The predicted octanol–water partition coefficient (Wildman–Crippen LogP) is 1.56. The van der Waals surface area contributed by atoms with Gasteiger partial charge in [0.15, 0.2) is 0 Å². The summed E-state index contributed by atoms with van der Waals surface area (Å²) >= 11 is 0. The second-order valence-corrected chi connectivity index (χ2v) is 7.72. The average molecular weight is 426 g/mol. The van der Waals surface area contributed by atoms with Crippen molar-refractivity contribution in [3.05, 3.63) is 47.2 Å². The van der Waals surface area contributed by atoms with Crippen LogP contribution in [0, 0.1) is 6.92 Å². The molecule has 0 aliphatic carbocycles. The van der Waals surface area contributed by atoms with Gasteiger partial charge in [-0.15, -0.1) is 0 Å². The summed E-state index contributed by atoms with van der Waals surface area (Å²) in [5.41, 5.74) is 8.51. The van der Waals surface area contributed by atoms with Crippen LogP contribution < -0.4 is 27.0 Å². The van der Waals surface area contributed by atoms with Crippen molar-refractivity contribution in [2.45, 2.75) is 45.2 Å². The zero-order chi connectivity index (χ0) is 22.1. The molecular weight excluding hydrogens is 394 g/mol. The minimum absolute atomic E-state index is 0.158. The Bertz CT molecular complexity index is 886. The minimum atomic E-state index is -0.615. The monoisotopic (exact) mass is 425 g/mol. The number of nitrogens with two attached hydrogens (primary N) is 1. The predicted molar refractivity (Wildman–Crippen MR) is 121 cm³/mol. The number of amides is 2. The average Bonchev–Trinajstić information content (AvgIpc) is 2.77. The Kier molecular flexibility index (Phi) is 8.17. The lowest BCUT2D eigenvalue weighted by Gasteiger charge is -2.15. The molecule has 0 radical (unpaired) electrons. The first-order chi connectivity index (χ1) is 15.0. The molecule has 9 nitrogen and oxygen atoms in total. The minimum Gasteiger partial charge on any atom is -0.369 e. The van der Waals surface area contributed by atoms with Crippen LogP contribution in [0.3, 0.4) is 0 Å². The van der Waals surface area contributed by atoms with Gasteiger partial charge < -0.3 is 27.0 Å². The van der Waals surface area contributed by atoms with E-state index in [-0.39, 0.29) is 11.8 Å². The van der Waals surface area contributed by atoms with Crippen LogP contribution >= 0.6 is 0 Å². The summed E-state index contributed by atoms with van der Waals surface area (Å²) in [5.74, 6) is 0.455. The van der Waals surface area contributed by atoms with Gasteiger partial charge in [0.25, 0.3) is 5.91 Å². The number of hydrogen-bond donors (Lipinski definition) is 5. The van der Waals surface area contributed by atoms with E-state index in [4.69, 9.17) is 5.73 Å². The highest BCUT2D eigenvalue weighted by atomic mass is 16.2. The second-order valence-electron chi connectivity index (χ2n) is 7.72. The Morgan fingerprint density at radius 3 is 2.61 bits per heavy atom. The summed E-state index contributed by atoms with van der Waals surface area (Å²) < 4.78 is 0. The van der Waals surface area contributed by atoms with E-state index in [0.29, 0.717) is 49.9 Å². The molecule has 2 bridgehead atoms. The number of rotatable bonds is 3. The number of hydrogen-bond acceptors (Lipinski definition) is 7. The van der Waals surface area contributed by atoms with Crippen LogP contribution in [0.5, 0.6) is 0 Å². The molecule has 3 rings (SSSR count). The van der Waals surface area contributed by atoms with E-state index in [9.17, 15) is 9.59 Å². The van der Waals surface area contributed by atoms with E-state index in [1.807, 2.05) is 31.2 Å². The maximum atomic E-state index is 12.8. The molecule has 31 heavy (non-hydrogen) atoms. The maximum Gasteiger partial charge on any atom is 0.256 e. The van der Waals surface area contributed by atoms with Crippen molar-refractivity contribution in [3.63, 3.8) is 0 Å². The third-order valence-corrected chi connectivity index (χ3v) is 5.13. The molecule has 1 aromatic heterocycles. The number of nitrogens with one attached hydrogen (secondary N) is 4. The molecule has 0 fully saturated rings. The van der Waals surface area contributed by atoms with Gasteiger partial charge in [0.2, 0.25) is 11.9 Å². The van der Waals surface area contributed by atoms with Gasteiger partial charge in [-0.2, -0.15) is 4.98 Å². The molecule has 1 atom stereocenters. The maximum absolute atomic E-state index is 12.8. The number of carbonyl (C=O) groups is 2. The fraction of sp³-hybridized carbons (Fsp3) is 0.455. The quantitative estimate of drug-likeness (QED) is 0.504. The summed E-state index contributed by atoms with van der Waals surface area (Å²) in [5, 5.41) is 12.1. The summed E-state index contributed by atoms with van der Waals surface area (Å²) in [7, 11) is 0. The van der Waals surface area contributed by atoms with E-state index in [1.54, 1.807) is 0 Å². The van der Waals surface area contributed by atoms with Crippen molar-refractivity contribution >= 4 is 23.6 Å². The number of nitrogens with zero attached hydrogens (tertiary/aromatic N) is 2. The zero-order valence-corrected chi connectivity index (χ0v) is 17.9. The molecule has 0 unspecified atom stereocenters. The van der Waals surface area contributed by atoms with Crippen molar-refractivity contribution < 1.29 is 9.59 Å². The number of aromatic nitrogens is 2. The van der Waals surface area contributed by atoms with Gasteiger partial charge in [0.05, 0.1) is 6.04 Å². The fourth-order valence-electron chi connectivity index (χ4n) is 3.20. The Balaban J connectivity index is 1.70. The van der Waals surface area contributed by atoms with Crippen LogP contribution in [0.2, 0.25) is 0 Å². The first-order valence-corrected chi connectivity index (χ1v) is 10.7. The topological polar surface area (TPSA) is 134 Å². The van der Waals surface area contributed by atoms with Crippen molar-refractivity contribution in [3.8, 4) is 0 Å². The molecule has 1 aliphatic rings. The number of anilines is 2.